The highest BCUT2D eigenvalue weighted by atomic mass is 16.8. The van der Waals surface area contributed by atoms with Gasteiger partial charge >= 0.3 is 12.1 Å². The summed E-state index contributed by atoms with van der Waals surface area (Å²) in [7, 11) is 0. The molecule has 0 bridgehead atoms. The van der Waals surface area contributed by atoms with E-state index in [1.165, 1.54) is 6.92 Å². The highest BCUT2D eigenvalue weighted by Crippen LogP contribution is 2.14. The summed E-state index contributed by atoms with van der Waals surface area (Å²) in [4.78, 5) is 28.6. The van der Waals surface area contributed by atoms with Crippen molar-refractivity contribution in [2.24, 2.45) is 0 Å². The maximum atomic E-state index is 12.0. The van der Waals surface area contributed by atoms with E-state index in [0.29, 0.717) is 0 Å². The van der Waals surface area contributed by atoms with E-state index in [1.807, 2.05) is 12.1 Å². The highest BCUT2D eigenvalue weighted by Gasteiger charge is 2.34. The van der Waals surface area contributed by atoms with Gasteiger partial charge in [-0.2, -0.15) is 0 Å². The Morgan fingerprint density at radius 3 is 2.04 bits per heavy atom. The normalized spacial score (nSPS) is 13.0. The molecule has 2 N–H and O–H groups in total. The summed E-state index contributed by atoms with van der Waals surface area (Å²) in [5.41, 5.74) is 1.49. The highest BCUT2D eigenvalue weighted by molar-refractivity contribution is 5.74. The molecule has 0 fully saturated rings. The molecule has 2 aromatic carbocycles. The Bertz CT molecular complexity index is 704. The zero-order chi connectivity index (χ0) is 18.9. The molecule has 0 saturated heterocycles. The molecule has 0 heterocycles. The monoisotopic (exact) mass is 359 g/mol. The van der Waals surface area contributed by atoms with Crippen LogP contribution in [0.2, 0.25) is 0 Å². The average Bonchev–Trinajstić information content (AvgIpc) is 2.61. The van der Waals surface area contributed by atoms with Gasteiger partial charge < -0.3 is 19.8 Å². The van der Waals surface area contributed by atoms with Gasteiger partial charge in [0.1, 0.15) is 6.61 Å². The Kier molecular flexibility index (Phi) is 7.13. The Balaban J connectivity index is 2.07. The number of ether oxygens (including phenoxy) is 1. The van der Waals surface area contributed by atoms with Gasteiger partial charge in [-0.15, -0.1) is 5.06 Å². The van der Waals surface area contributed by atoms with Gasteiger partial charge in [-0.05, 0) is 18.1 Å². The Hall–Kier alpha value is -2.90. The predicted molar refractivity (Wildman–Crippen MR) is 92.8 cm³/mol. The van der Waals surface area contributed by atoms with Crippen LogP contribution in [-0.2, 0) is 27.5 Å². The number of aliphatic hydroxyl groups excluding tert-OH is 1. The van der Waals surface area contributed by atoms with Crippen molar-refractivity contribution >= 4 is 12.1 Å². The lowest BCUT2D eigenvalue weighted by molar-refractivity contribution is -0.196. The van der Waals surface area contributed by atoms with E-state index in [9.17, 15) is 19.8 Å². The molecule has 0 aliphatic carbocycles. The van der Waals surface area contributed by atoms with E-state index in [0.717, 1.165) is 16.2 Å². The minimum atomic E-state index is -1.43. The van der Waals surface area contributed by atoms with Crippen LogP contribution in [-0.4, -0.2) is 39.5 Å². The molecule has 0 spiro atoms. The van der Waals surface area contributed by atoms with Crippen molar-refractivity contribution in [2.75, 3.05) is 0 Å². The van der Waals surface area contributed by atoms with Crippen LogP contribution >= 0.6 is 0 Å². The number of hydrogen-bond donors (Lipinski definition) is 2. The third kappa shape index (κ3) is 5.87. The fraction of sp³-hybridized carbons (Fsp3) is 0.263. The predicted octanol–water partition coefficient (Wildman–Crippen LogP) is 2.59. The fourth-order valence-electron chi connectivity index (χ4n) is 2.36. The molecule has 2 rings (SSSR count). The number of carbonyl (C=O) groups is 2. The number of benzene rings is 2. The molecule has 0 saturated carbocycles. The maximum absolute atomic E-state index is 12.0. The van der Waals surface area contributed by atoms with Crippen molar-refractivity contribution in [1.82, 2.24) is 5.06 Å². The van der Waals surface area contributed by atoms with Gasteiger partial charge in [-0.25, -0.2) is 4.79 Å². The molecule has 0 unspecified atom stereocenters. The molecular formula is C19H21NO6. The molecule has 7 heteroatoms. The van der Waals surface area contributed by atoms with E-state index in [2.05, 4.69) is 0 Å². The van der Waals surface area contributed by atoms with Gasteiger partial charge in [-0.3, -0.25) is 4.79 Å². The number of carbonyl (C=O) groups excluding carboxylic acids is 1. The fourth-order valence-corrected chi connectivity index (χ4v) is 2.36. The summed E-state index contributed by atoms with van der Waals surface area (Å²) in [6.07, 6.45) is -2.31. The molecule has 0 amide bonds. The summed E-state index contributed by atoms with van der Waals surface area (Å²) in [6, 6.07) is 16.5. The van der Waals surface area contributed by atoms with Crippen molar-refractivity contribution in [3.63, 3.8) is 0 Å². The molecule has 138 valence electrons. The number of carboxylic acids is 1. The number of nitrogens with zero attached hydrogens (tertiary/aromatic N) is 1. The van der Waals surface area contributed by atoms with Crippen LogP contribution in [0.1, 0.15) is 18.1 Å². The van der Waals surface area contributed by atoms with Crippen LogP contribution in [0, 0.1) is 0 Å². The Morgan fingerprint density at radius 1 is 1.00 bits per heavy atom. The smallest absolute Gasteiger partial charge is 0.480 e. The third-order valence-electron chi connectivity index (χ3n) is 3.59. The maximum Gasteiger partial charge on any atom is 0.528 e. The molecule has 0 radical (unpaired) electrons. The van der Waals surface area contributed by atoms with Crippen molar-refractivity contribution in [2.45, 2.75) is 32.2 Å². The van der Waals surface area contributed by atoms with E-state index in [1.54, 1.807) is 48.5 Å². The summed E-state index contributed by atoms with van der Waals surface area (Å²) < 4.78 is 5.03. The van der Waals surface area contributed by atoms with Gasteiger partial charge in [0.25, 0.3) is 0 Å². The van der Waals surface area contributed by atoms with Crippen molar-refractivity contribution in [3.05, 3.63) is 71.8 Å². The Morgan fingerprint density at radius 2 is 1.54 bits per heavy atom. The summed E-state index contributed by atoms with van der Waals surface area (Å²) in [5.74, 6) is -1.31. The first-order valence-corrected chi connectivity index (χ1v) is 8.07. The number of aliphatic hydroxyl groups is 1. The van der Waals surface area contributed by atoms with Crippen LogP contribution in [0.4, 0.5) is 4.79 Å². The van der Waals surface area contributed by atoms with Crippen LogP contribution in [0.25, 0.3) is 0 Å². The zero-order valence-corrected chi connectivity index (χ0v) is 14.3. The Labute approximate surface area is 151 Å². The lowest BCUT2D eigenvalue weighted by Gasteiger charge is -2.28. The van der Waals surface area contributed by atoms with Crippen LogP contribution in [0.15, 0.2) is 60.7 Å². The molecule has 0 aliphatic rings. The molecule has 0 aliphatic heterocycles. The molecule has 26 heavy (non-hydrogen) atoms. The number of rotatable bonds is 8. The number of hydroxylamine groups is 2. The molecule has 7 nitrogen and oxygen atoms in total. The number of aliphatic carboxylic acids is 1. The summed E-state index contributed by atoms with van der Waals surface area (Å²) >= 11 is 0. The minimum absolute atomic E-state index is 0.00866. The standard InChI is InChI=1S/C19H21NO6/c1-14(21)17(18(22)23)20(12-15-8-4-2-5-9-15)26-19(24)25-13-16-10-6-3-7-11-16/h2-11,14,17,21H,12-13H2,1H3,(H,22,23)/t14-,17+/m1/s1. The molecule has 0 aromatic heterocycles. The third-order valence-corrected chi connectivity index (χ3v) is 3.59. The summed E-state index contributed by atoms with van der Waals surface area (Å²) in [5, 5.41) is 20.1. The van der Waals surface area contributed by atoms with Gasteiger partial charge in [0.15, 0.2) is 6.04 Å². The van der Waals surface area contributed by atoms with Crippen molar-refractivity contribution < 1.29 is 29.4 Å². The second kappa shape index (κ2) is 9.55. The number of carboxylic acid groups (broad SMARTS) is 1. The first kappa shape index (κ1) is 19.4. The average molecular weight is 359 g/mol. The SMILES string of the molecule is C[C@@H](O)[C@@H](C(=O)O)N(Cc1ccccc1)OC(=O)OCc1ccccc1. The number of hydrogen-bond acceptors (Lipinski definition) is 6. The second-order valence-electron chi connectivity index (χ2n) is 5.70. The quantitative estimate of drug-likeness (QED) is 0.552. The van der Waals surface area contributed by atoms with Crippen LogP contribution in [0.3, 0.4) is 0 Å². The first-order valence-electron chi connectivity index (χ1n) is 8.07. The van der Waals surface area contributed by atoms with E-state index in [4.69, 9.17) is 9.57 Å². The van der Waals surface area contributed by atoms with E-state index in [-0.39, 0.29) is 13.2 Å². The lowest BCUT2D eigenvalue weighted by Crippen LogP contribution is -2.48. The zero-order valence-electron chi connectivity index (χ0n) is 14.3. The topological polar surface area (TPSA) is 96.3 Å². The molecule has 2 atom stereocenters. The van der Waals surface area contributed by atoms with Gasteiger partial charge in [0.2, 0.25) is 0 Å². The van der Waals surface area contributed by atoms with Crippen molar-refractivity contribution in [1.29, 1.82) is 0 Å². The van der Waals surface area contributed by atoms with E-state index >= 15 is 0 Å². The lowest BCUT2D eigenvalue weighted by atomic mass is 10.1. The van der Waals surface area contributed by atoms with E-state index < -0.39 is 24.3 Å². The molecule has 2 aromatic rings. The van der Waals surface area contributed by atoms with Crippen LogP contribution in [0.5, 0.6) is 0 Å². The second-order valence-corrected chi connectivity index (χ2v) is 5.70. The summed E-state index contributed by atoms with van der Waals surface area (Å²) in [6.45, 7) is 1.30. The molecular weight excluding hydrogens is 338 g/mol. The van der Waals surface area contributed by atoms with Gasteiger partial charge in [0.05, 0.1) is 12.6 Å². The van der Waals surface area contributed by atoms with Crippen molar-refractivity contribution in [3.8, 4) is 0 Å². The largest absolute Gasteiger partial charge is 0.528 e. The minimum Gasteiger partial charge on any atom is -0.480 e. The first-order chi connectivity index (χ1) is 12.5. The van der Waals surface area contributed by atoms with Gasteiger partial charge in [-0.1, -0.05) is 60.7 Å². The van der Waals surface area contributed by atoms with Gasteiger partial charge in [0, 0.05) is 0 Å². The van der Waals surface area contributed by atoms with Crippen LogP contribution < -0.4 is 0 Å².